The second-order valence-corrected chi connectivity index (χ2v) is 4.24. The predicted octanol–water partition coefficient (Wildman–Crippen LogP) is 2.86. The molecule has 20 heavy (non-hydrogen) atoms. The molecule has 0 saturated heterocycles. The number of hydrogen-bond donors (Lipinski definition) is 2. The fourth-order valence-corrected chi connectivity index (χ4v) is 1.65. The van der Waals surface area contributed by atoms with Crippen LogP contribution in [0.1, 0.15) is 21.6 Å². The van der Waals surface area contributed by atoms with E-state index >= 15 is 0 Å². The van der Waals surface area contributed by atoms with Crippen molar-refractivity contribution < 1.29 is 18.1 Å². The Labute approximate surface area is 114 Å². The maximum Gasteiger partial charge on any atom is 0.258 e. The average molecular weight is 281 g/mol. The van der Waals surface area contributed by atoms with Crippen LogP contribution >= 0.6 is 0 Å². The molecule has 1 aromatic carbocycles. The molecule has 0 aliphatic heterocycles. The van der Waals surface area contributed by atoms with Crippen LogP contribution in [-0.4, -0.2) is 18.1 Å². The minimum atomic E-state index is -0.844. The molecule has 0 radical (unpaired) electrons. The van der Waals surface area contributed by atoms with Crippen molar-refractivity contribution in [1.29, 1.82) is 0 Å². The number of nitrogens with zero attached hydrogens (tertiary/aromatic N) is 1. The highest BCUT2D eigenvalue weighted by molar-refractivity contribution is 6.04. The van der Waals surface area contributed by atoms with E-state index in [0.717, 1.165) is 12.1 Å². The number of amides is 1. The first-order valence-electron chi connectivity index (χ1n) is 5.85. The third-order valence-electron chi connectivity index (χ3n) is 2.94. The summed E-state index contributed by atoms with van der Waals surface area (Å²) in [4.78, 5) is 11.9. The van der Waals surface area contributed by atoms with Crippen molar-refractivity contribution in [2.24, 2.45) is 0 Å². The molecule has 1 amide bonds. The van der Waals surface area contributed by atoms with Crippen LogP contribution in [0.3, 0.4) is 0 Å². The Morgan fingerprint density at radius 3 is 2.30 bits per heavy atom. The van der Waals surface area contributed by atoms with Gasteiger partial charge in [0.15, 0.2) is 0 Å². The van der Waals surface area contributed by atoms with E-state index < -0.39 is 17.5 Å². The summed E-state index contributed by atoms with van der Waals surface area (Å²) in [5.74, 6) is -2.21. The standard InChI is InChI=1S/C13H13F2N3O2/c1-6-7(2)18-20-13(6)17-12(19)8-4-9(14)11(16-3)10(15)5-8/h4-5,16H,1-3H3,(H,17,19). The van der Waals surface area contributed by atoms with Gasteiger partial charge in [-0.1, -0.05) is 5.16 Å². The number of benzene rings is 1. The monoisotopic (exact) mass is 281 g/mol. The summed E-state index contributed by atoms with van der Waals surface area (Å²) in [5, 5.41) is 8.48. The topological polar surface area (TPSA) is 67.2 Å². The van der Waals surface area contributed by atoms with E-state index in [1.54, 1.807) is 13.8 Å². The summed E-state index contributed by atoms with van der Waals surface area (Å²) in [6.07, 6.45) is 0. The highest BCUT2D eigenvalue weighted by atomic mass is 19.1. The zero-order valence-electron chi connectivity index (χ0n) is 11.2. The summed E-state index contributed by atoms with van der Waals surface area (Å²) in [6, 6.07) is 1.89. The number of hydrogen-bond acceptors (Lipinski definition) is 4. The van der Waals surface area contributed by atoms with Crippen LogP contribution in [0.15, 0.2) is 16.7 Å². The molecule has 2 rings (SSSR count). The van der Waals surface area contributed by atoms with Crippen LogP contribution in [0.25, 0.3) is 0 Å². The molecule has 0 bridgehead atoms. The van der Waals surface area contributed by atoms with Gasteiger partial charge in [0, 0.05) is 18.2 Å². The number of carbonyl (C=O) groups is 1. The lowest BCUT2D eigenvalue weighted by atomic mass is 10.1. The Kier molecular flexibility index (Phi) is 3.69. The third-order valence-corrected chi connectivity index (χ3v) is 2.94. The van der Waals surface area contributed by atoms with Crippen LogP contribution in [0.2, 0.25) is 0 Å². The van der Waals surface area contributed by atoms with Crippen LogP contribution in [0.5, 0.6) is 0 Å². The minimum Gasteiger partial charge on any atom is -0.383 e. The molecule has 0 fully saturated rings. The molecule has 5 nitrogen and oxygen atoms in total. The predicted molar refractivity (Wildman–Crippen MR) is 69.8 cm³/mol. The van der Waals surface area contributed by atoms with Gasteiger partial charge in [0.2, 0.25) is 5.88 Å². The molecule has 0 spiro atoms. The molecule has 0 saturated carbocycles. The molecule has 0 aliphatic carbocycles. The third kappa shape index (κ3) is 2.47. The molecule has 0 atom stereocenters. The van der Waals surface area contributed by atoms with Gasteiger partial charge >= 0.3 is 0 Å². The Morgan fingerprint density at radius 2 is 1.85 bits per heavy atom. The normalized spacial score (nSPS) is 10.4. The molecule has 1 aromatic heterocycles. The zero-order chi connectivity index (χ0) is 14.9. The molecular formula is C13H13F2N3O2. The van der Waals surface area contributed by atoms with Crippen molar-refractivity contribution in [2.75, 3.05) is 17.7 Å². The summed E-state index contributed by atoms with van der Waals surface area (Å²) in [6.45, 7) is 3.43. The van der Waals surface area contributed by atoms with E-state index in [1.807, 2.05) is 0 Å². The molecule has 106 valence electrons. The number of rotatable bonds is 3. The summed E-state index contributed by atoms with van der Waals surface area (Å²) in [7, 11) is 1.39. The average Bonchev–Trinajstić information content (AvgIpc) is 2.70. The molecule has 2 N–H and O–H groups in total. The van der Waals surface area contributed by atoms with Gasteiger partial charge in [0.1, 0.15) is 17.3 Å². The van der Waals surface area contributed by atoms with Gasteiger partial charge in [-0.15, -0.1) is 0 Å². The Morgan fingerprint density at radius 1 is 1.25 bits per heavy atom. The highest BCUT2D eigenvalue weighted by Gasteiger charge is 2.17. The first kappa shape index (κ1) is 14.0. The number of carbonyl (C=O) groups excluding carboxylic acids is 1. The van der Waals surface area contributed by atoms with Crippen molar-refractivity contribution in [3.8, 4) is 0 Å². The van der Waals surface area contributed by atoms with E-state index in [9.17, 15) is 13.6 Å². The van der Waals surface area contributed by atoms with Gasteiger partial charge in [0.05, 0.1) is 5.69 Å². The van der Waals surface area contributed by atoms with Crippen LogP contribution in [0.4, 0.5) is 20.4 Å². The Hall–Kier alpha value is -2.44. The van der Waals surface area contributed by atoms with Gasteiger partial charge in [-0.05, 0) is 26.0 Å². The first-order chi connectivity index (χ1) is 9.43. The lowest BCUT2D eigenvalue weighted by Crippen LogP contribution is -2.13. The first-order valence-corrected chi connectivity index (χ1v) is 5.85. The van der Waals surface area contributed by atoms with Crippen LogP contribution < -0.4 is 10.6 Å². The number of aromatic nitrogens is 1. The number of aryl methyl sites for hydroxylation is 1. The zero-order valence-corrected chi connectivity index (χ0v) is 11.2. The lowest BCUT2D eigenvalue weighted by Gasteiger charge is -2.07. The Balaban J connectivity index is 2.28. The van der Waals surface area contributed by atoms with Gasteiger partial charge in [-0.3, -0.25) is 10.1 Å². The number of nitrogens with one attached hydrogen (secondary N) is 2. The molecule has 0 unspecified atom stereocenters. The smallest absolute Gasteiger partial charge is 0.258 e. The molecular weight excluding hydrogens is 268 g/mol. The van der Waals surface area contributed by atoms with E-state index in [-0.39, 0.29) is 17.1 Å². The van der Waals surface area contributed by atoms with Crippen LogP contribution in [0, 0.1) is 25.5 Å². The van der Waals surface area contributed by atoms with E-state index in [2.05, 4.69) is 15.8 Å². The number of anilines is 2. The molecule has 1 heterocycles. The van der Waals surface area contributed by atoms with E-state index in [4.69, 9.17) is 4.52 Å². The van der Waals surface area contributed by atoms with Gasteiger partial charge < -0.3 is 9.84 Å². The second-order valence-electron chi connectivity index (χ2n) is 4.24. The minimum absolute atomic E-state index is 0.146. The SMILES string of the molecule is CNc1c(F)cc(C(=O)Nc2onc(C)c2C)cc1F. The maximum atomic E-state index is 13.6. The largest absolute Gasteiger partial charge is 0.383 e. The summed E-state index contributed by atoms with van der Waals surface area (Å²) >= 11 is 0. The summed E-state index contributed by atoms with van der Waals surface area (Å²) < 4.78 is 32.1. The Bertz CT molecular complexity index is 645. The highest BCUT2D eigenvalue weighted by Crippen LogP contribution is 2.22. The molecule has 2 aromatic rings. The fourth-order valence-electron chi connectivity index (χ4n) is 1.65. The number of halogens is 2. The van der Waals surface area contributed by atoms with Crippen molar-refractivity contribution in [3.05, 3.63) is 40.6 Å². The second kappa shape index (κ2) is 5.28. The van der Waals surface area contributed by atoms with Crippen molar-refractivity contribution in [3.63, 3.8) is 0 Å². The summed E-state index contributed by atoms with van der Waals surface area (Å²) in [5.41, 5.74) is 0.857. The van der Waals surface area contributed by atoms with Crippen molar-refractivity contribution in [1.82, 2.24) is 5.16 Å². The van der Waals surface area contributed by atoms with Gasteiger partial charge in [-0.25, -0.2) is 8.78 Å². The molecule has 7 heteroatoms. The van der Waals surface area contributed by atoms with Gasteiger partial charge in [0.25, 0.3) is 5.91 Å². The van der Waals surface area contributed by atoms with Crippen molar-refractivity contribution in [2.45, 2.75) is 13.8 Å². The van der Waals surface area contributed by atoms with Crippen molar-refractivity contribution >= 4 is 17.5 Å². The van der Waals surface area contributed by atoms with E-state index in [1.165, 1.54) is 7.05 Å². The maximum absolute atomic E-state index is 13.6. The quantitative estimate of drug-likeness (QED) is 0.907. The fraction of sp³-hybridized carbons (Fsp3) is 0.231. The van der Waals surface area contributed by atoms with Crippen LogP contribution in [-0.2, 0) is 0 Å². The lowest BCUT2D eigenvalue weighted by molar-refractivity contribution is 0.102. The molecule has 0 aliphatic rings. The van der Waals surface area contributed by atoms with E-state index in [0.29, 0.717) is 11.3 Å². The van der Waals surface area contributed by atoms with Gasteiger partial charge in [-0.2, -0.15) is 0 Å².